The minimum Gasteiger partial charge on any atom is -0.497 e. The highest BCUT2D eigenvalue weighted by Crippen LogP contribution is 2.26. The number of nitrogens with one attached hydrogen (secondary N) is 2. The summed E-state index contributed by atoms with van der Waals surface area (Å²) in [5.41, 5.74) is 3.65. The van der Waals surface area contributed by atoms with Crippen molar-refractivity contribution in [1.29, 1.82) is 0 Å². The molecule has 3 aromatic rings. The van der Waals surface area contributed by atoms with E-state index in [4.69, 9.17) is 4.74 Å². The van der Waals surface area contributed by atoms with Crippen molar-refractivity contribution in [3.63, 3.8) is 0 Å². The van der Waals surface area contributed by atoms with Crippen LogP contribution >= 0.6 is 0 Å². The van der Waals surface area contributed by atoms with Gasteiger partial charge in [0.1, 0.15) is 12.1 Å². The number of aromatic nitrogens is 3. The maximum atomic E-state index is 11.4. The standard InChI is InChI=1S/C23H27N7O2/c1-16-20(26-17(2)31)8-5-9-21(16)27-22-24-15-25-23(28-22)30-12-10-29(11-13-30)18-6-4-7-19(14-18)32-3/h4-9,14-15H,10-13H2,1-3H3,(H,26,31)(H,24,25,27,28). The summed E-state index contributed by atoms with van der Waals surface area (Å²) in [6, 6.07) is 13.8. The first-order valence-electron chi connectivity index (χ1n) is 10.5. The first-order chi connectivity index (χ1) is 15.5. The van der Waals surface area contributed by atoms with Gasteiger partial charge < -0.3 is 25.2 Å². The molecule has 0 bridgehead atoms. The molecule has 0 radical (unpaired) electrons. The number of ether oxygens (including phenoxy) is 1. The van der Waals surface area contributed by atoms with Crippen LogP contribution in [0.5, 0.6) is 5.75 Å². The molecule has 9 heteroatoms. The molecule has 166 valence electrons. The van der Waals surface area contributed by atoms with E-state index in [1.165, 1.54) is 13.3 Å². The van der Waals surface area contributed by atoms with Gasteiger partial charge in [0.05, 0.1) is 7.11 Å². The highest BCUT2D eigenvalue weighted by molar-refractivity contribution is 5.90. The second kappa shape index (κ2) is 9.51. The van der Waals surface area contributed by atoms with Crippen LogP contribution in [0.15, 0.2) is 48.8 Å². The molecule has 0 atom stereocenters. The number of anilines is 5. The van der Waals surface area contributed by atoms with Crippen LogP contribution in [0.25, 0.3) is 0 Å². The molecule has 1 saturated heterocycles. The third-order valence-corrected chi connectivity index (χ3v) is 5.43. The smallest absolute Gasteiger partial charge is 0.232 e. The topological polar surface area (TPSA) is 95.5 Å². The van der Waals surface area contributed by atoms with Crippen LogP contribution in [0.4, 0.5) is 29.0 Å². The molecule has 1 fully saturated rings. The largest absolute Gasteiger partial charge is 0.497 e. The average molecular weight is 434 g/mol. The Morgan fingerprint density at radius 1 is 1.00 bits per heavy atom. The van der Waals surface area contributed by atoms with E-state index in [0.717, 1.165) is 54.6 Å². The van der Waals surface area contributed by atoms with Crippen LogP contribution < -0.4 is 25.2 Å². The zero-order chi connectivity index (χ0) is 22.5. The van der Waals surface area contributed by atoms with Gasteiger partial charge in [0.25, 0.3) is 0 Å². The Morgan fingerprint density at radius 3 is 2.47 bits per heavy atom. The zero-order valence-electron chi connectivity index (χ0n) is 18.5. The van der Waals surface area contributed by atoms with Crippen LogP contribution in [0.2, 0.25) is 0 Å². The van der Waals surface area contributed by atoms with Gasteiger partial charge >= 0.3 is 0 Å². The van der Waals surface area contributed by atoms with Crippen molar-refractivity contribution in [2.24, 2.45) is 0 Å². The SMILES string of the molecule is COc1cccc(N2CCN(c3ncnc(Nc4cccc(NC(C)=O)c4C)n3)CC2)c1. The molecular formula is C23H27N7O2. The molecule has 9 nitrogen and oxygen atoms in total. The van der Waals surface area contributed by atoms with Gasteiger partial charge in [-0.2, -0.15) is 4.98 Å². The molecule has 0 saturated carbocycles. The molecular weight excluding hydrogens is 406 g/mol. The summed E-state index contributed by atoms with van der Waals surface area (Å²) in [4.78, 5) is 29.2. The quantitative estimate of drug-likeness (QED) is 0.612. The normalized spacial score (nSPS) is 13.6. The summed E-state index contributed by atoms with van der Waals surface area (Å²) in [7, 11) is 1.68. The average Bonchev–Trinajstić information content (AvgIpc) is 2.82. The van der Waals surface area contributed by atoms with E-state index in [0.29, 0.717) is 11.9 Å². The minimum atomic E-state index is -0.110. The summed E-state index contributed by atoms with van der Waals surface area (Å²) in [5, 5.41) is 6.08. The Kier molecular flexibility index (Phi) is 6.34. The third kappa shape index (κ3) is 4.88. The molecule has 1 aliphatic rings. The van der Waals surface area contributed by atoms with Gasteiger partial charge in [-0.25, -0.2) is 9.97 Å². The van der Waals surface area contributed by atoms with Crippen molar-refractivity contribution in [3.8, 4) is 5.75 Å². The highest BCUT2D eigenvalue weighted by atomic mass is 16.5. The van der Waals surface area contributed by atoms with Crippen molar-refractivity contribution in [1.82, 2.24) is 15.0 Å². The Morgan fingerprint density at radius 2 is 1.72 bits per heavy atom. The van der Waals surface area contributed by atoms with Crippen LogP contribution in [0.3, 0.4) is 0 Å². The number of amides is 1. The Hall–Kier alpha value is -3.88. The van der Waals surface area contributed by atoms with Crippen molar-refractivity contribution in [2.45, 2.75) is 13.8 Å². The van der Waals surface area contributed by atoms with Gasteiger partial charge in [-0.1, -0.05) is 12.1 Å². The summed E-state index contributed by atoms with van der Waals surface area (Å²) in [6.07, 6.45) is 1.52. The van der Waals surface area contributed by atoms with E-state index in [-0.39, 0.29) is 5.91 Å². The Bertz CT molecular complexity index is 1100. The van der Waals surface area contributed by atoms with Crippen LogP contribution in [0.1, 0.15) is 12.5 Å². The number of methoxy groups -OCH3 is 1. The van der Waals surface area contributed by atoms with Crippen LogP contribution in [0, 0.1) is 6.92 Å². The van der Waals surface area contributed by atoms with Crippen molar-refractivity contribution in [2.75, 3.05) is 53.7 Å². The first kappa shape index (κ1) is 21.4. The van der Waals surface area contributed by atoms with E-state index < -0.39 is 0 Å². The fourth-order valence-electron chi connectivity index (χ4n) is 3.69. The summed E-state index contributed by atoms with van der Waals surface area (Å²) in [6.45, 7) is 6.76. The van der Waals surface area contributed by atoms with Crippen molar-refractivity contribution in [3.05, 3.63) is 54.4 Å². The fourth-order valence-corrected chi connectivity index (χ4v) is 3.69. The highest BCUT2D eigenvalue weighted by Gasteiger charge is 2.20. The molecule has 0 spiro atoms. The number of carbonyl (C=O) groups is 1. The number of rotatable bonds is 6. The predicted molar refractivity (Wildman–Crippen MR) is 126 cm³/mol. The molecule has 2 N–H and O–H groups in total. The van der Waals surface area contributed by atoms with Crippen LogP contribution in [-0.2, 0) is 4.79 Å². The predicted octanol–water partition coefficient (Wildman–Crippen LogP) is 3.22. The Balaban J connectivity index is 1.43. The van der Waals surface area contributed by atoms with Gasteiger partial charge in [-0.05, 0) is 36.8 Å². The molecule has 0 aliphatic carbocycles. The third-order valence-electron chi connectivity index (χ3n) is 5.43. The zero-order valence-corrected chi connectivity index (χ0v) is 18.5. The molecule has 2 heterocycles. The van der Waals surface area contributed by atoms with Crippen LogP contribution in [-0.4, -0.2) is 54.1 Å². The number of hydrogen-bond donors (Lipinski definition) is 2. The van der Waals surface area contributed by atoms with Crippen molar-refractivity contribution < 1.29 is 9.53 Å². The summed E-state index contributed by atoms with van der Waals surface area (Å²) in [5.74, 6) is 1.86. The lowest BCUT2D eigenvalue weighted by Crippen LogP contribution is -2.47. The summed E-state index contributed by atoms with van der Waals surface area (Å²) < 4.78 is 5.34. The van der Waals surface area contributed by atoms with E-state index in [2.05, 4.69) is 47.5 Å². The van der Waals surface area contributed by atoms with Gasteiger partial charge in [0.15, 0.2) is 0 Å². The number of nitrogens with zero attached hydrogens (tertiary/aromatic N) is 5. The van der Waals surface area contributed by atoms with Gasteiger partial charge in [-0.3, -0.25) is 4.79 Å². The molecule has 1 aromatic heterocycles. The van der Waals surface area contributed by atoms with E-state index in [1.807, 2.05) is 37.3 Å². The second-order valence-corrected chi connectivity index (χ2v) is 7.57. The molecule has 0 unspecified atom stereocenters. The maximum absolute atomic E-state index is 11.4. The molecule has 32 heavy (non-hydrogen) atoms. The summed E-state index contributed by atoms with van der Waals surface area (Å²) >= 11 is 0. The number of carbonyl (C=O) groups excluding carboxylic acids is 1. The number of hydrogen-bond acceptors (Lipinski definition) is 8. The molecule has 4 rings (SSSR count). The van der Waals surface area contributed by atoms with E-state index in [9.17, 15) is 4.79 Å². The molecule has 1 aliphatic heterocycles. The monoisotopic (exact) mass is 433 g/mol. The number of benzene rings is 2. The second-order valence-electron chi connectivity index (χ2n) is 7.57. The van der Waals surface area contributed by atoms with E-state index in [1.54, 1.807) is 7.11 Å². The van der Waals surface area contributed by atoms with Crippen molar-refractivity contribution >= 4 is 34.9 Å². The van der Waals surface area contributed by atoms with Gasteiger partial charge in [-0.15, -0.1) is 0 Å². The van der Waals surface area contributed by atoms with Gasteiger partial charge in [0.2, 0.25) is 17.8 Å². The lowest BCUT2D eigenvalue weighted by Gasteiger charge is -2.36. The minimum absolute atomic E-state index is 0.110. The molecule has 2 aromatic carbocycles. The van der Waals surface area contributed by atoms with Gasteiger partial charge in [0, 0.05) is 56.2 Å². The van der Waals surface area contributed by atoms with E-state index >= 15 is 0 Å². The molecule has 1 amide bonds. The fraction of sp³-hybridized carbons (Fsp3) is 0.304. The Labute approximate surface area is 187 Å². The lowest BCUT2D eigenvalue weighted by molar-refractivity contribution is -0.114. The first-order valence-corrected chi connectivity index (χ1v) is 10.5. The number of piperazine rings is 1. The maximum Gasteiger partial charge on any atom is 0.232 e. The lowest BCUT2D eigenvalue weighted by atomic mass is 10.1.